The predicted octanol–water partition coefficient (Wildman–Crippen LogP) is 3.21. The van der Waals surface area contributed by atoms with Gasteiger partial charge in [0.05, 0.1) is 16.8 Å². The summed E-state index contributed by atoms with van der Waals surface area (Å²) in [6.07, 6.45) is 0.941. The first-order chi connectivity index (χ1) is 8.66. The van der Waals surface area contributed by atoms with Gasteiger partial charge in [-0.2, -0.15) is 0 Å². The van der Waals surface area contributed by atoms with Crippen molar-refractivity contribution in [2.45, 2.75) is 10.8 Å². The van der Waals surface area contributed by atoms with Crippen LogP contribution in [0, 0.1) is 5.82 Å². The van der Waals surface area contributed by atoms with Crippen LogP contribution in [-0.4, -0.2) is 16.1 Å². The van der Waals surface area contributed by atoms with Gasteiger partial charge in [0.25, 0.3) is 0 Å². The Balaban J connectivity index is 2.11. The highest BCUT2D eigenvalue weighted by Gasteiger charge is 2.11. The van der Waals surface area contributed by atoms with E-state index in [0.29, 0.717) is 10.8 Å². The van der Waals surface area contributed by atoms with Crippen LogP contribution in [0.4, 0.5) is 4.39 Å². The van der Waals surface area contributed by atoms with Crippen LogP contribution in [0.2, 0.25) is 0 Å². The zero-order valence-electron chi connectivity index (χ0n) is 9.34. The van der Waals surface area contributed by atoms with Crippen molar-refractivity contribution in [3.8, 4) is 0 Å². The first kappa shape index (κ1) is 12.6. The number of hydrogen-bond donors (Lipinski definition) is 1. The highest BCUT2D eigenvalue weighted by atomic mass is 32.2. The van der Waals surface area contributed by atoms with Crippen LogP contribution in [0.3, 0.4) is 0 Å². The van der Waals surface area contributed by atoms with E-state index in [1.165, 1.54) is 17.8 Å². The second kappa shape index (κ2) is 5.64. The molecule has 0 fully saturated rings. The van der Waals surface area contributed by atoms with Crippen molar-refractivity contribution in [2.24, 2.45) is 0 Å². The summed E-state index contributed by atoms with van der Waals surface area (Å²) in [5, 5.41) is 9.30. The maximum atomic E-state index is 13.1. The summed E-state index contributed by atoms with van der Waals surface area (Å²) < 4.78 is 13.1. The van der Waals surface area contributed by atoms with E-state index in [-0.39, 0.29) is 5.56 Å². The topological polar surface area (TPSA) is 50.2 Å². The molecule has 0 saturated carbocycles. The van der Waals surface area contributed by atoms with Gasteiger partial charge in [-0.1, -0.05) is 30.3 Å². The Morgan fingerprint density at radius 3 is 2.72 bits per heavy atom. The van der Waals surface area contributed by atoms with E-state index in [1.54, 1.807) is 0 Å². The zero-order chi connectivity index (χ0) is 13.0. The van der Waals surface area contributed by atoms with Gasteiger partial charge in [-0.15, -0.1) is 11.8 Å². The second-order valence-corrected chi connectivity index (χ2v) is 4.58. The Morgan fingerprint density at radius 2 is 2.06 bits per heavy atom. The number of rotatable bonds is 4. The quantitative estimate of drug-likeness (QED) is 0.860. The SMILES string of the molecule is O=C(O)c1cc(SCc2ccccc2)ncc1F. The Bertz CT molecular complexity index is 560. The molecule has 0 radical (unpaired) electrons. The van der Waals surface area contributed by atoms with Gasteiger partial charge in [0.1, 0.15) is 0 Å². The third kappa shape index (κ3) is 3.07. The second-order valence-electron chi connectivity index (χ2n) is 3.58. The molecule has 2 rings (SSSR count). The van der Waals surface area contributed by atoms with Gasteiger partial charge in [0, 0.05) is 5.75 Å². The summed E-state index contributed by atoms with van der Waals surface area (Å²) in [6, 6.07) is 11.0. The van der Waals surface area contributed by atoms with Crippen molar-refractivity contribution in [1.29, 1.82) is 0 Å². The molecule has 0 aliphatic carbocycles. The van der Waals surface area contributed by atoms with Crippen LogP contribution in [-0.2, 0) is 5.75 Å². The van der Waals surface area contributed by atoms with Gasteiger partial charge in [-0.05, 0) is 11.6 Å². The van der Waals surface area contributed by atoms with E-state index in [4.69, 9.17) is 5.11 Å². The summed E-state index contributed by atoms with van der Waals surface area (Å²) in [5.74, 6) is -1.43. The first-order valence-corrected chi connectivity index (χ1v) is 6.21. The standard InChI is InChI=1S/C13H10FNO2S/c14-11-7-15-12(6-10(11)13(16)17)18-8-9-4-2-1-3-5-9/h1-7H,8H2,(H,16,17). The number of nitrogens with zero attached hydrogens (tertiary/aromatic N) is 1. The molecule has 1 aromatic heterocycles. The van der Waals surface area contributed by atoms with Crippen molar-refractivity contribution in [1.82, 2.24) is 4.98 Å². The molecule has 1 N–H and O–H groups in total. The van der Waals surface area contributed by atoms with Crippen LogP contribution in [0.5, 0.6) is 0 Å². The number of thioether (sulfide) groups is 1. The predicted molar refractivity (Wildman–Crippen MR) is 67.2 cm³/mol. The van der Waals surface area contributed by atoms with Crippen LogP contribution < -0.4 is 0 Å². The lowest BCUT2D eigenvalue weighted by Gasteiger charge is -2.03. The molecule has 0 unspecified atom stereocenters. The van der Waals surface area contributed by atoms with E-state index >= 15 is 0 Å². The molecule has 0 amide bonds. The number of benzene rings is 1. The van der Waals surface area contributed by atoms with Crippen molar-refractivity contribution in [3.63, 3.8) is 0 Å². The summed E-state index contributed by atoms with van der Waals surface area (Å²) in [7, 11) is 0. The zero-order valence-corrected chi connectivity index (χ0v) is 10.2. The summed E-state index contributed by atoms with van der Waals surface area (Å²) in [5.41, 5.74) is 0.756. The van der Waals surface area contributed by atoms with Crippen molar-refractivity contribution in [2.75, 3.05) is 0 Å². The van der Waals surface area contributed by atoms with Gasteiger partial charge in [0.15, 0.2) is 5.82 Å². The van der Waals surface area contributed by atoms with Crippen LogP contribution in [0.25, 0.3) is 0 Å². The minimum absolute atomic E-state index is 0.347. The third-order valence-corrected chi connectivity index (χ3v) is 3.29. The number of pyridine rings is 1. The van der Waals surface area contributed by atoms with Gasteiger partial charge in [-0.25, -0.2) is 14.2 Å². The normalized spacial score (nSPS) is 10.3. The molecule has 0 atom stereocenters. The lowest BCUT2D eigenvalue weighted by Crippen LogP contribution is -2.01. The van der Waals surface area contributed by atoms with Crippen molar-refractivity contribution >= 4 is 17.7 Å². The number of halogens is 1. The van der Waals surface area contributed by atoms with Gasteiger partial charge in [0.2, 0.25) is 0 Å². The number of hydrogen-bond acceptors (Lipinski definition) is 3. The monoisotopic (exact) mass is 263 g/mol. The van der Waals surface area contributed by atoms with Crippen molar-refractivity contribution in [3.05, 3.63) is 59.5 Å². The smallest absolute Gasteiger partial charge is 0.338 e. The molecule has 18 heavy (non-hydrogen) atoms. The fourth-order valence-corrected chi connectivity index (χ4v) is 2.23. The number of carboxylic acids is 1. The van der Waals surface area contributed by atoms with Gasteiger partial charge < -0.3 is 5.11 Å². The summed E-state index contributed by atoms with van der Waals surface area (Å²) in [6.45, 7) is 0. The molecule has 92 valence electrons. The molecular formula is C13H10FNO2S. The minimum Gasteiger partial charge on any atom is -0.478 e. The lowest BCUT2D eigenvalue weighted by molar-refractivity contribution is 0.0691. The molecule has 0 spiro atoms. The van der Waals surface area contributed by atoms with E-state index in [0.717, 1.165) is 11.8 Å². The summed E-state index contributed by atoms with van der Waals surface area (Å²) >= 11 is 1.37. The molecule has 0 aliphatic heterocycles. The highest BCUT2D eigenvalue weighted by Crippen LogP contribution is 2.22. The number of carbonyl (C=O) groups is 1. The molecule has 1 aromatic carbocycles. The molecule has 5 heteroatoms. The average Bonchev–Trinajstić information content (AvgIpc) is 2.38. The molecule has 0 bridgehead atoms. The summed E-state index contributed by atoms with van der Waals surface area (Å²) in [4.78, 5) is 14.6. The molecule has 0 aliphatic rings. The number of aromatic nitrogens is 1. The molecule has 1 heterocycles. The van der Waals surface area contributed by atoms with E-state index in [1.807, 2.05) is 30.3 Å². The van der Waals surface area contributed by atoms with Crippen LogP contribution in [0.15, 0.2) is 47.6 Å². The van der Waals surface area contributed by atoms with Crippen molar-refractivity contribution < 1.29 is 14.3 Å². The molecule has 2 aromatic rings. The van der Waals surface area contributed by atoms with E-state index in [9.17, 15) is 9.18 Å². The number of aromatic carboxylic acids is 1. The Hall–Kier alpha value is -1.88. The molecule has 0 saturated heterocycles. The fraction of sp³-hybridized carbons (Fsp3) is 0.0769. The lowest BCUT2D eigenvalue weighted by atomic mass is 10.2. The maximum Gasteiger partial charge on any atom is 0.338 e. The minimum atomic E-state index is -1.28. The van der Waals surface area contributed by atoms with Crippen LogP contribution in [0.1, 0.15) is 15.9 Å². The van der Waals surface area contributed by atoms with Crippen LogP contribution >= 0.6 is 11.8 Å². The van der Waals surface area contributed by atoms with Gasteiger partial charge in [-0.3, -0.25) is 0 Å². The Labute approximate surface area is 108 Å². The Kier molecular flexibility index (Phi) is 3.94. The average molecular weight is 263 g/mol. The Morgan fingerprint density at radius 1 is 1.33 bits per heavy atom. The van der Waals surface area contributed by atoms with E-state index < -0.39 is 11.8 Å². The molecular weight excluding hydrogens is 253 g/mol. The largest absolute Gasteiger partial charge is 0.478 e. The fourth-order valence-electron chi connectivity index (χ4n) is 1.39. The van der Waals surface area contributed by atoms with E-state index in [2.05, 4.69) is 4.98 Å². The highest BCUT2D eigenvalue weighted by molar-refractivity contribution is 7.98. The molecule has 3 nitrogen and oxygen atoms in total. The van der Waals surface area contributed by atoms with Gasteiger partial charge >= 0.3 is 5.97 Å². The third-order valence-electron chi connectivity index (χ3n) is 2.29. The number of carboxylic acid groups (broad SMARTS) is 1. The first-order valence-electron chi connectivity index (χ1n) is 5.22. The maximum absolute atomic E-state index is 13.1.